The van der Waals surface area contributed by atoms with E-state index in [1.165, 1.54) is 7.11 Å². The van der Waals surface area contributed by atoms with Gasteiger partial charge in [0, 0.05) is 76.0 Å². The van der Waals surface area contributed by atoms with E-state index in [2.05, 4.69) is 11.8 Å². The third-order valence-electron chi connectivity index (χ3n) is 11.7. The molecule has 5 saturated carbocycles. The standard InChI is InChI=1S/C25H41NO9/c1-6-26-9-22(10-32-2)12(27)7-13(33-3)24-11-8-23(30)19(28)14(11)25(31,20(29)21(23)35-5)15(18(24)26)16(34-4)17(22)24/h11-21,27-31H,6-10H2,1-5H3/t11-,12?,13?,14-,15?,16?,17-,18+,19?,20?,21?,22?,23-,24?,25-/m1/s1. The maximum Gasteiger partial charge on any atom is 0.120 e. The van der Waals surface area contributed by atoms with Gasteiger partial charge in [0.15, 0.2) is 0 Å². The summed E-state index contributed by atoms with van der Waals surface area (Å²) in [6.45, 7) is 3.58. The maximum absolute atomic E-state index is 12.6. The number of nitrogens with zero attached hydrogens (tertiary/aromatic N) is 1. The van der Waals surface area contributed by atoms with Gasteiger partial charge in [-0.2, -0.15) is 0 Å². The molecule has 35 heavy (non-hydrogen) atoms. The quantitative estimate of drug-likeness (QED) is 0.285. The fourth-order valence-corrected chi connectivity index (χ4v) is 11.0. The van der Waals surface area contributed by atoms with E-state index >= 15 is 0 Å². The van der Waals surface area contributed by atoms with Crippen molar-refractivity contribution in [2.75, 3.05) is 48.1 Å². The van der Waals surface area contributed by atoms with Crippen LogP contribution in [0.1, 0.15) is 19.8 Å². The molecule has 1 spiro atoms. The van der Waals surface area contributed by atoms with E-state index in [0.29, 0.717) is 26.1 Å². The van der Waals surface area contributed by atoms with E-state index in [1.54, 1.807) is 21.3 Å². The van der Waals surface area contributed by atoms with E-state index < -0.39 is 76.4 Å². The first-order chi connectivity index (χ1) is 16.6. The average molecular weight is 500 g/mol. The van der Waals surface area contributed by atoms with Gasteiger partial charge in [-0.15, -0.1) is 0 Å². The molecule has 10 heteroatoms. The summed E-state index contributed by atoms with van der Waals surface area (Å²) in [5, 5.41) is 59.3. The van der Waals surface area contributed by atoms with Gasteiger partial charge in [0.1, 0.15) is 23.4 Å². The molecule has 0 radical (unpaired) electrons. The van der Waals surface area contributed by atoms with Crippen molar-refractivity contribution in [2.24, 2.45) is 34.5 Å². The summed E-state index contributed by atoms with van der Waals surface area (Å²) in [5.41, 5.74) is -4.81. The summed E-state index contributed by atoms with van der Waals surface area (Å²) in [6, 6.07) is -0.240. The van der Waals surface area contributed by atoms with Crippen LogP contribution in [0.5, 0.6) is 0 Å². The number of rotatable bonds is 6. The average Bonchev–Trinajstić information content (AvgIpc) is 3.19. The number of piperidine rings is 1. The Balaban J connectivity index is 1.68. The van der Waals surface area contributed by atoms with Gasteiger partial charge in [-0.3, -0.25) is 4.90 Å². The lowest BCUT2D eigenvalue weighted by Crippen LogP contribution is -2.81. The van der Waals surface area contributed by atoms with Crippen molar-refractivity contribution in [2.45, 2.75) is 73.6 Å². The molecule has 0 aromatic rings. The minimum atomic E-state index is -1.76. The molecule has 6 fully saturated rings. The van der Waals surface area contributed by atoms with E-state index in [0.717, 1.165) is 0 Å². The molecule has 1 heterocycles. The van der Waals surface area contributed by atoms with E-state index in [9.17, 15) is 25.5 Å². The van der Waals surface area contributed by atoms with Crippen LogP contribution in [-0.2, 0) is 18.9 Å². The molecule has 6 aliphatic rings. The first kappa shape index (κ1) is 24.9. The first-order valence-electron chi connectivity index (χ1n) is 12.9. The van der Waals surface area contributed by atoms with Crippen LogP contribution in [0.2, 0.25) is 0 Å². The fraction of sp³-hybridized carbons (Fsp3) is 1.00. The molecular formula is C25H41NO9. The molecule has 5 aliphatic carbocycles. The molecule has 7 bridgehead atoms. The first-order valence-corrected chi connectivity index (χ1v) is 12.9. The zero-order valence-corrected chi connectivity index (χ0v) is 21.2. The highest BCUT2D eigenvalue weighted by molar-refractivity contribution is 5.39. The second-order valence-corrected chi connectivity index (χ2v) is 12.1. The van der Waals surface area contributed by atoms with Crippen molar-refractivity contribution in [3.05, 3.63) is 0 Å². The molecular weight excluding hydrogens is 458 g/mol. The van der Waals surface area contributed by atoms with Gasteiger partial charge in [0.25, 0.3) is 0 Å². The van der Waals surface area contributed by atoms with Crippen LogP contribution in [0.15, 0.2) is 0 Å². The molecule has 1 saturated heterocycles. The van der Waals surface area contributed by atoms with Crippen molar-refractivity contribution in [3.8, 4) is 0 Å². The maximum atomic E-state index is 12.6. The highest BCUT2D eigenvalue weighted by Gasteiger charge is 2.90. The van der Waals surface area contributed by atoms with Crippen molar-refractivity contribution in [1.29, 1.82) is 0 Å². The van der Waals surface area contributed by atoms with Crippen LogP contribution in [0.4, 0.5) is 0 Å². The van der Waals surface area contributed by atoms with Crippen LogP contribution in [0.3, 0.4) is 0 Å². The summed E-state index contributed by atoms with van der Waals surface area (Å²) in [7, 11) is 6.29. The Morgan fingerprint density at radius 2 is 1.66 bits per heavy atom. The van der Waals surface area contributed by atoms with Gasteiger partial charge in [-0.25, -0.2) is 0 Å². The second-order valence-electron chi connectivity index (χ2n) is 12.1. The smallest absolute Gasteiger partial charge is 0.120 e. The third-order valence-corrected chi connectivity index (χ3v) is 11.7. The van der Waals surface area contributed by atoms with Crippen LogP contribution < -0.4 is 0 Å². The Morgan fingerprint density at radius 3 is 2.23 bits per heavy atom. The van der Waals surface area contributed by atoms with Crippen LogP contribution >= 0.6 is 0 Å². The lowest BCUT2D eigenvalue weighted by Gasteiger charge is -2.70. The van der Waals surface area contributed by atoms with E-state index in [4.69, 9.17) is 18.9 Å². The second kappa shape index (κ2) is 7.59. The molecule has 5 N–H and O–H groups in total. The lowest BCUT2D eigenvalue weighted by molar-refractivity contribution is -0.320. The number of aliphatic hydroxyl groups is 5. The van der Waals surface area contributed by atoms with E-state index in [1.807, 2.05) is 0 Å². The summed E-state index contributed by atoms with van der Waals surface area (Å²) >= 11 is 0. The summed E-state index contributed by atoms with van der Waals surface area (Å²) in [5.74, 6) is -2.04. The predicted molar refractivity (Wildman–Crippen MR) is 121 cm³/mol. The number of hydrogen-bond acceptors (Lipinski definition) is 10. The topological polar surface area (TPSA) is 141 Å². The molecule has 0 aromatic carbocycles. The van der Waals surface area contributed by atoms with Gasteiger partial charge in [-0.05, 0) is 18.9 Å². The van der Waals surface area contributed by atoms with Gasteiger partial charge in [-0.1, -0.05) is 6.92 Å². The summed E-state index contributed by atoms with van der Waals surface area (Å²) < 4.78 is 23.7. The molecule has 0 amide bonds. The van der Waals surface area contributed by atoms with Crippen LogP contribution in [0, 0.1) is 34.5 Å². The van der Waals surface area contributed by atoms with Gasteiger partial charge < -0.3 is 44.5 Å². The summed E-state index contributed by atoms with van der Waals surface area (Å²) in [6.07, 6.45) is -4.95. The van der Waals surface area contributed by atoms with Crippen molar-refractivity contribution < 1.29 is 44.5 Å². The van der Waals surface area contributed by atoms with Crippen LogP contribution in [-0.4, -0.2) is 132 Å². The number of hydrogen-bond donors (Lipinski definition) is 5. The molecule has 10 nitrogen and oxygen atoms in total. The normalized spacial score (nSPS) is 62.4. The summed E-state index contributed by atoms with van der Waals surface area (Å²) in [4.78, 5) is 2.29. The van der Waals surface area contributed by atoms with E-state index in [-0.39, 0.29) is 18.4 Å². The van der Waals surface area contributed by atoms with Crippen molar-refractivity contribution in [1.82, 2.24) is 4.90 Å². The molecule has 200 valence electrons. The number of methoxy groups -OCH3 is 4. The minimum absolute atomic E-state index is 0.156. The third kappa shape index (κ3) is 2.35. The Bertz CT molecular complexity index is 878. The minimum Gasteiger partial charge on any atom is -0.392 e. The van der Waals surface area contributed by atoms with Gasteiger partial charge in [0.2, 0.25) is 0 Å². The van der Waals surface area contributed by atoms with Crippen molar-refractivity contribution in [3.63, 3.8) is 0 Å². The Labute approximate surface area is 206 Å². The Hall–Kier alpha value is -0.400. The molecule has 15 atom stereocenters. The number of aliphatic hydroxyl groups excluding tert-OH is 3. The predicted octanol–water partition coefficient (Wildman–Crippen LogP) is -1.79. The SMILES string of the molecule is CCN1CC2(COC)C(O)CC(OC)C34[C@@H]5C[C@]6(O)C(OC)C(O)[C@](O)(C(C(OC)[C@H]23)[C@H]14)[C@H]5C6O. The number of ether oxygens (including phenoxy) is 4. The molecule has 6 rings (SSSR count). The number of fused-ring (bicyclic) bond motifs is 2. The lowest BCUT2D eigenvalue weighted by atomic mass is 9.42. The largest absolute Gasteiger partial charge is 0.392 e. The zero-order valence-electron chi connectivity index (χ0n) is 21.2. The molecule has 9 unspecified atom stereocenters. The van der Waals surface area contributed by atoms with Gasteiger partial charge in [0.05, 0.1) is 31.0 Å². The molecule has 0 aromatic heterocycles. The highest BCUT2D eigenvalue weighted by atomic mass is 16.5. The number of likely N-dealkylation sites (tertiary alicyclic amines) is 1. The zero-order chi connectivity index (χ0) is 25.3. The Morgan fingerprint density at radius 1 is 0.943 bits per heavy atom. The Kier molecular flexibility index (Phi) is 5.40. The van der Waals surface area contributed by atoms with Gasteiger partial charge >= 0.3 is 0 Å². The highest BCUT2D eigenvalue weighted by Crippen LogP contribution is 2.79. The fourth-order valence-electron chi connectivity index (χ4n) is 11.0. The molecule has 1 aliphatic heterocycles. The van der Waals surface area contributed by atoms with Crippen molar-refractivity contribution >= 4 is 0 Å². The van der Waals surface area contributed by atoms with Crippen LogP contribution in [0.25, 0.3) is 0 Å². The monoisotopic (exact) mass is 499 g/mol.